The van der Waals surface area contributed by atoms with Crippen LogP contribution in [0.5, 0.6) is 0 Å². The highest BCUT2D eigenvalue weighted by molar-refractivity contribution is 9.10. The molecular formula is C11H10BrFN3. The van der Waals surface area contributed by atoms with E-state index in [1.807, 2.05) is 6.92 Å². The molecule has 0 saturated carbocycles. The highest BCUT2D eigenvalue weighted by atomic mass is 79.9. The lowest BCUT2D eigenvalue weighted by Gasteiger charge is -2.06. The Bertz CT molecular complexity index is 522. The van der Waals surface area contributed by atoms with Crippen LogP contribution in [0.2, 0.25) is 0 Å². The third-order valence-corrected chi connectivity index (χ3v) is 2.77. The van der Waals surface area contributed by atoms with E-state index in [1.54, 1.807) is 31.5 Å². The lowest BCUT2D eigenvalue weighted by Crippen LogP contribution is -2.04. The first-order valence-corrected chi connectivity index (χ1v) is 5.60. The SMILES string of the molecule is C[CH]c1nc(C)nn1-c1cccc(Br)c1F. The van der Waals surface area contributed by atoms with Gasteiger partial charge in [0, 0.05) is 6.42 Å². The molecule has 1 radical (unpaired) electrons. The molecule has 0 aliphatic carbocycles. The molecule has 0 fully saturated rings. The molecular weight excluding hydrogens is 273 g/mol. The van der Waals surface area contributed by atoms with E-state index in [0.717, 1.165) is 0 Å². The molecule has 3 nitrogen and oxygen atoms in total. The maximum Gasteiger partial charge on any atom is 0.163 e. The van der Waals surface area contributed by atoms with Crippen LogP contribution >= 0.6 is 15.9 Å². The van der Waals surface area contributed by atoms with Crippen LogP contribution in [0.4, 0.5) is 4.39 Å². The molecule has 16 heavy (non-hydrogen) atoms. The van der Waals surface area contributed by atoms with Crippen molar-refractivity contribution >= 4 is 15.9 Å². The molecule has 83 valence electrons. The molecule has 2 aromatic rings. The summed E-state index contributed by atoms with van der Waals surface area (Å²) >= 11 is 3.15. The topological polar surface area (TPSA) is 30.7 Å². The fourth-order valence-corrected chi connectivity index (χ4v) is 1.81. The van der Waals surface area contributed by atoms with Gasteiger partial charge < -0.3 is 0 Å². The molecule has 0 spiro atoms. The lowest BCUT2D eigenvalue weighted by atomic mass is 10.3. The Hall–Kier alpha value is -1.23. The zero-order valence-electron chi connectivity index (χ0n) is 8.91. The fraction of sp³-hybridized carbons (Fsp3) is 0.182. The summed E-state index contributed by atoms with van der Waals surface area (Å²) in [5, 5.41) is 4.17. The number of nitrogens with zero attached hydrogens (tertiary/aromatic N) is 3. The highest BCUT2D eigenvalue weighted by Gasteiger charge is 2.13. The van der Waals surface area contributed by atoms with Crippen molar-refractivity contribution in [2.24, 2.45) is 0 Å². The normalized spacial score (nSPS) is 10.8. The van der Waals surface area contributed by atoms with E-state index in [0.29, 0.717) is 21.8 Å². The van der Waals surface area contributed by atoms with Crippen LogP contribution in [0.1, 0.15) is 18.6 Å². The van der Waals surface area contributed by atoms with E-state index < -0.39 is 0 Å². The third-order valence-electron chi connectivity index (χ3n) is 2.16. The van der Waals surface area contributed by atoms with Gasteiger partial charge in [-0.25, -0.2) is 14.1 Å². The molecule has 5 heteroatoms. The second-order valence-corrected chi connectivity index (χ2v) is 4.14. The maximum absolute atomic E-state index is 13.9. The molecule has 0 bridgehead atoms. The van der Waals surface area contributed by atoms with Gasteiger partial charge in [-0.2, -0.15) is 5.10 Å². The van der Waals surface area contributed by atoms with Crippen LogP contribution in [0, 0.1) is 19.2 Å². The number of rotatable bonds is 2. The quantitative estimate of drug-likeness (QED) is 0.848. The molecule has 1 aromatic heterocycles. The van der Waals surface area contributed by atoms with Crippen LogP contribution in [0.25, 0.3) is 5.69 Å². The first-order chi connectivity index (χ1) is 7.63. The molecule has 0 aliphatic heterocycles. The molecule has 0 N–H and O–H groups in total. The van der Waals surface area contributed by atoms with Crippen LogP contribution in [0.15, 0.2) is 22.7 Å². The summed E-state index contributed by atoms with van der Waals surface area (Å²) < 4.78 is 15.8. The Kier molecular flexibility index (Phi) is 3.05. The third kappa shape index (κ3) is 1.87. The Morgan fingerprint density at radius 3 is 2.88 bits per heavy atom. The number of benzene rings is 1. The van der Waals surface area contributed by atoms with Crippen molar-refractivity contribution in [1.82, 2.24) is 14.8 Å². The summed E-state index contributed by atoms with van der Waals surface area (Å²) in [4.78, 5) is 4.19. The molecule has 2 rings (SSSR count). The van der Waals surface area contributed by atoms with Crippen molar-refractivity contribution in [2.75, 3.05) is 0 Å². The molecule has 1 heterocycles. The van der Waals surface area contributed by atoms with Gasteiger partial charge in [0.15, 0.2) is 5.82 Å². The zero-order valence-corrected chi connectivity index (χ0v) is 10.5. The Labute approximate surface area is 101 Å². The Balaban J connectivity index is 2.62. The Morgan fingerprint density at radius 2 is 2.19 bits per heavy atom. The van der Waals surface area contributed by atoms with E-state index in [4.69, 9.17) is 0 Å². The molecule has 0 atom stereocenters. The number of halogens is 2. The predicted octanol–water partition coefficient (Wildman–Crippen LogP) is 3.05. The van der Waals surface area contributed by atoms with Gasteiger partial charge in [-0.1, -0.05) is 13.0 Å². The first kappa shape index (κ1) is 11.3. The van der Waals surface area contributed by atoms with Crippen molar-refractivity contribution in [2.45, 2.75) is 13.8 Å². The van der Waals surface area contributed by atoms with E-state index >= 15 is 0 Å². The summed E-state index contributed by atoms with van der Waals surface area (Å²) in [6.07, 6.45) is 1.79. The molecule has 0 amide bonds. The van der Waals surface area contributed by atoms with Crippen LogP contribution < -0.4 is 0 Å². The van der Waals surface area contributed by atoms with Crippen molar-refractivity contribution < 1.29 is 4.39 Å². The number of aromatic nitrogens is 3. The number of hydrogen-bond acceptors (Lipinski definition) is 2. The second kappa shape index (κ2) is 4.33. The average Bonchev–Trinajstić information content (AvgIpc) is 2.63. The van der Waals surface area contributed by atoms with Gasteiger partial charge in [0.2, 0.25) is 0 Å². The van der Waals surface area contributed by atoms with E-state index in [-0.39, 0.29) is 5.82 Å². The number of hydrogen-bond donors (Lipinski definition) is 0. The fourth-order valence-electron chi connectivity index (χ4n) is 1.45. The minimum absolute atomic E-state index is 0.337. The molecule has 0 saturated heterocycles. The molecule has 0 aliphatic rings. The largest absolute Gasteiger partial charge is 0.216 e. The van der Waals surface area contributed by atoms with Gasteiger partial charge in [0.05, 0.1) is 4.47 Å². The van der Waals surface area contributed by atoms with E-state index in [9.17, 15) is 4.39 Å². The summed E-state index contributed by atoms with van der Waals surface area (Å²) in [5.41, 5.74) is 0.392. The van der Waals surface area contributed by atoms with Crippen molar-refractivity contribution in [1.29, 1.82) is 0 Å². The predicted molar refractivity (Wildman–Crippen MR) is 62.8 cm³/mol. The van der Waals surface area contributed by atoms with E-state index in [1.165, 1.54) is 4.68 Å². The van der Waals surface area contributed by atoms with E-state index in [2.05, 4.69) is 26.0 Å². The highest BCUT2D eigenvalue weighted by Crippen LogP contribution is 2.22. The van der Waals surface area contributed by atoms with Crippen LogP contribution in [-0.2, 0) is 0 Å². The standard InChI is InChI=1S/C11H10BrFN3/c1-3-10-14-7(2)15-16(10)9-6-4-5-8(12)11(9)13/h3-6H,1-2H3. The summed E-state index contributed by atoms with van der Waals surface area (Å²) in [6, 6.07) is 5.08. The summed E-state index contributed by atoms with van der Waals surface area (Å²) in [6.45, 7) is 3.62. The smallest absolute Gasteiger partial charge is 0.163 e. The van der Waals surface area contributed by atoms with Gasteiger partial charge in [-0.05, 0) is 35.0 Å². The van der Waals surface area contributed by atoms with Gasteiger partial charge in [-0.3, -0.25) is 0 Å². The average molecular weight is 283 g/mol. The zero-order chi connectivity index (χ0) is 11.7. The molecule has 0 unspecified atom stereocenters. The first-order valence-electron chi connectivity index (χ1n) is 4.81. The van der Waals surface area contributed by atoms with Gasteiger partial charge in [0.1, 0.15) is 17.3 Å². The maximum atomic E-state index is 13.9. The minimum Gasteiger partial charge on any atom is -0.216 e. The van der Waals surface area contributed by atoms with Crippen LogP contribution in [-0.4, -0.2) is 14.8 Å². The summed E-state index contributed by atoms with van der Waals surface area (Å²) in [7, 11) is 0. The van der Waals surface area contributed by atoms with Crippen LogP contribution in [0.3, 0.4) is 0 Å². The monoisotopic (exact) mass is 282 g/mol. The minimum atomic E-state index is -0.337. The lowest BCUT2D eigenvalue weighted by molar-refractivity contribution is 0.602. The van der Waals surface area contributed by atoms with Crippen molar-refractivity contribution in [3.8, 4) is 5.69 Å². The Morgan fingerprint density at radius 1 is 1.44 bits per heavy atom. The summed E-state index contributed by atoms with van der Waals surface area (Å²) in [5.74, 6) is 0.914. The number of aryl methyl sites for hydroxylation is 1. The second-order valence-electron chi connectivity index (χ2n) is 3.29. The molecule has 1 aromatic carbocycles. The van der Waals surface area contributed by atoms with Gasteiger partial charge >= 0.3 is 0 Å². The van der Waals surface area contributed by atoms with Crippen molar-refractivity contribution in [3.05, 3.63) is 46.6 Å². The van der Waals surface area contributed by atoms with Crippen molar-refractivity contribution in [3.63, 3.8) is 0 Å². The van der Waals surface area contributed by atoms with Gasteiger partial charge in [-0.15, -0.1) is 0 Å². The van der Waals surface area contributed by atoms with Gasteiger partial charge in [0.25, 0.3) is 0 Å².